The van der Waals surface area contributed by atoms with Gasteiger partial charge >= 0.3 is 6.18 Å². The maximum absolute atomic E-state index is 12.5. The second-order valence-electron chi connectivity index (χ2n) is 4.03. The number of carbonyl (C=O) groups excluding carboxylic acids is 1. The minimum Gasteiger partial charge on any atom is -0.326 e. The van der Waals surface area contributed by atoms with Gasteiger partial charge in [-0.05, 0) is 41.1 Å². The highest BCUT2D eigenvalue weighted by Gasteiger charge is 2.33. The lowest BCUT2D eigenvalue weighted by molar-refractivity contribution is -0.139. The van der Waals surface area contributed by atoms with E-state index in [1.54, 1.807) is 19.1 Å². The molecule has 0 bridgehead atoms. The number of halogens is 4. The molecule has 0 heterocycles. The smallest absolute Gasteiger partial charge is 0.326 e. The Hall–Kier alpha value is -1.05. The number of aryl methyl sites for hydroxylation is 1. The van der Waals surface area contributed by atoms with E-state index in [2.05, 4.69) is 6.58 Å². The van der Waals surface area contributed by atoms with Gasteiger partial charge in [-0.2, -0.15) is 13.2 Å². The molecule has 2 nitrogen and oxygen atoms in total. The second kappa shape index (κ2) is 6.40. The van der Waals surface area contributed by atoms with Crippen molar-refractivity contribution in [3.8, 4) is 0 Å². The van der Waals surface area contributed by atoms with Gasteiger partial charge in [-0.25, -0.2) is 0 Å². The van der Waals surface area contributed by atoms with Crippen LogP contribution in [0.2, 0.25) is 0 Å². The predicted molar refractivity (Wildman–Crippen MR) is 76.1 cm³/mol. The molecule has 0 spiro atoms. The monoisotopic (exact) mass is 383 g/mol. The summed E-state index contributed by atoms with van der Waals surface area (Å²) in [6.45, 7) is 3.78. The number of hydrogen-bond donors (Lipinski definition) is 0. The van der Waals surface area contributed by atoms with Crippen LogP contribution in [-0.2, 0) is 0 Å². The van der Waals surface area contributed by atoms with Crippen LogP contribution in [0, 0.1) is 10.5 Å². The highest BCUT2D eigenvalue weighted by molar-refractivity contribution is 14.1. The topological polar surface area (TPSA) is 20.3 Å². The molecule has 1 aromatic carbocycles. The molecule has 0 fully saturated rings. The lowest BCUT2D eigenvalue weighted by Gasteiger charge is -2.23. The van der Waals surface area contributed by atoms with Crippen molar-refractivity contribution in [3.05, 3.63) is 45.6 Å². The Balaban J connectivity index is 3.06. The van der Waals surface area contributed by atoms with Crippen LogP contribution in [0.25, 0.3) is 0 Å². The van der Waals surface area contributed by atoms with E-state index >= 15 is 0 Å². The lowest BCUT2D eigenvalue weighted by Crippen LogP contribution is -2.39. The first-order valence-corrected chi connectivity index (χ1v) is 6.56. The van der Waals surface area contributed by atoms with Gasteiger partial charge in [0.05, 0.1) is 5.56 Å². The van der Waals surface area contributed by atoms with Crippen molar-refractivity contribution in [3.63, 3.8) is 0 Å². The molecule has 0 atom stereocenters. The zero-order valence-corrected chi connectivity index (χ0v) is 12.5. The molecule has 0 radical (unpaired) electrons. The fourth-order valence-electron chi connectivity index (χ4n) is 1.57. The number of carbonyl (C=O) groups is 1. The molecule has 104 valence electrons. The maximum Gasteiger partial charge on any atom is 0.406 e. The van der Waals surface area contributed by atoms with Gasteiger partial charge in [0.15, 0.2) is 0 Å². The highest BCUT2D eigenvalue weighted by Crippen LogP contribution is 2.21. The van der Waals surface area contributed by atoms with E-state index in [9.17, 15) is 18.0 Å². The quantitative estimate of drug-likeness (QED) is 0.573. The molecule has 1 amide bonds. The zero-order valence-electron chi connectivity index (χ0n) is 10.3. The minimum atomic E-state index is -4.42. The van der Waals surface area contributed by atoms with Crippen molar-refractivity contribution >= 4 is 28.5 Å². The van der Waals surface area contributed by atoms with Gasteiger partial charge < -0.3 is 4.90 Å². The zero-order chi connectivity index (χ0) is 14.6. The van der Waals surface area contributed by atoms with Crippen LogP contribution >= 0.6 is 22.6 Å². The van der Waals surface area contributed by atoms with Crippen LogP contribution in [0.3, 0.4) is 0 Å². The van der Waals surface area contributed by atoms with Crippen molar-refractivity contribution in [1.29, 1.82) is 0 Å². The van der Waals surface area contributed by atoms with Crippen molar-refractivity contribution in [1.82, 2.24) is 4.90 Å². The third kappa shape index (κ3) is 4.52. The lowest BCUT2D eigenvalue weighted by atomic mass is 10.1. The largest absolute Gasteiger partial charge is 0.406 e. The molecule has 0 aliphatic rings. The van der Waals surface area contributed by atoms with Crippen LogP contribution in [0.15, 0.2) is 30.9 Å². The fourth-order valence-corrected chi connectivity index (χ4v) is 2.16. The van der Waals surface area contributed by atoms with Gasteiger partial charge in [0.25, 0.3) is 5.91 Å². The van der Waals surface area contributed by atoms with E-state index in [4.69, 9.17) is 0 Å². The number of hydrogen-bond acceptors (Lipinski definition) is 1. The third-order valence-corrected chi connectivity index (χ3v) is 3.86. The summed E-state index contributed by atoms with van der Waals surface area (Å²) in [6, 6.07) is 4.99. The van der Waals surface area contributed by atoms with Crippen LogP contribution in [0.1, 0.15) is 15.9 Å². The summed E-state index contributed by atoms with van der Waals surface area (Å²) in [7, 11) is 0. The molecule has 0 unspecified atom stereocenters. The van der Waals surface area contributed by atoms with Gasteiger partial charge in [0.1, 0.15) is 6.54 Å². The second-order valence-corrected chi connectivity index (χ2v) is 5.10. The molecule has 0 saturated heterocycles. The normalized spacial score (nSPS) is 11.2. The first-order chi connectivity index (χ1) is 8.76. The molecule has 6 heteroatoms. The SMILES string of the molecule is C=CCN(CC(F)(F)F)C(=O)c1cccc(C)c1I. The summed E-state index contributed by atoms with van der Waals surface area (Å²) < 4.78 is 38.0. The van der Waals surface area contributed by atoms with Gasteiger partial charge in [-0.1, -0.05) is 18.2 Å². The van der Waals surface area contributed by atoms with Crippen molar-refractivity contribution in [2.45, 2.75) is 13.1 Å². The molecule has 0 N–H and O–H groups in total. The van der Waals surface area contributed by atoms with Crippen LogP contribution in [-0.4, -0.2) is 30.1 Å². The predicted octanol–water partition coefficient (Wildman–Crippen LogP) is 3.79. The standard InChI is InChI=1S/C13H13F3INO/c1-3-7-18(8-13(14,15)16)12(19)10-6-4-5-9(2)11(10)17/h3-6H,1,7-8H2,2H3. The molecular formula is C13H13F3INO. The Bertz CT molecular complexity index is 485. The summed E-state index contributed by atoms with van der Waals surface area (Å²) >= 11 is 1.96. The average molecular weight is 383 g/mol. The van der Waals surface area contributed by atoms with Crippen molar-refractivity contribution < 1.29 is 18.0 Å². The first kappa shape index (κ1) is 16.0. The Morgan fingerprint density at radius 3 is 2.63 bits per heavy atom. The van der Waals surface area contributed by atoms with Gasteiger partial charge in [-0.15, -0.1) is 6.58 Å². The molecular weight excluding hydrogens is 370 g/mol. The Morgan fingerprint density at radius 1 is 1.47 bits per heavy atom. The Labute approximate surface area is 123 Å². The molecule has 1 aromatic rings. The van der Waals surface area contributed by atoms with Gasteiger partial charge in [-0.3, -0.25) is 4.79 Å². The maximum atomic E-state index is 12.5. The minimum absolute atomic E-state index is 0.137. The number of amides is 1. The Kier molecular flexibility index (Phi) is 5.39. The molecule has 0 aromatic heterocycles. The molecule has 0 saturated carbocycles. The first-order valence-electron chi connectivity index (χ1n) is 5.48. The van der Waals surface area contributed by atoms with Crippen molar-refractivity contribution in [2.24, 2.45) is 0 Å². The van der Waals surface area contributed by atoms with Crippen molar-refractivity contribution in [2.75, 3.05) is 13.1 Å². The number of benzene rings is 1. The van der Waals surface area contributed by atoms with E-state index in [1.165, 1.54) is 12.1 Å². The summed E-state index contributed by atoms with van der Waals surface area (Å²) in [5.74, 6) is -0.634. The summed E-state index contributed by atoms with van der Waals surface area (Å²) in [4.78, 5) is 12.9. The van der Waals surface area contributed by atoms with Gasteiger partial charge in [0, 0.05) is 10.1 Å². The average Bonchev–Trinajstić information content (AvgIpc) is 2.30. The van der Waals surface area contributed by atoms with E-state index in [1.807, 2.05) is 22.6 Å². The number of nitrogens with zero attached hydrogens (tertiary/aromatic N) is 1. The van der Waals surface area contributed by atoms with E-state index in [-0.39, 0.29) is 12.1 Å². The third-order valence-electron chi connectivity index (χ3n) is 2.43. The van der Waals surface area contributed by atoms with Crippen LogP contribution < -0.4 is 0 Å². The highest BCUT2D eigenvalue weighted by atomic mass is 127. The van der Waals surface area contributed by atoms with E-state index in [0.717, 1.165) is 10.5 Å². The van der Waals surface area contributed by atoms with Crippen LogP contribution in [0.4, 0.5) is 13.2 Å². The Morgan fingerprint density at radius 2 is 2.11 bits per heavy atom. The molecule has 1 rings (SSSR count). The van der Waals surface area contributed by atoms with E-state index < -0.39 is 18.6 Å². The molecule has 0 aliphatic heterocycles. The van der Waals surface area contributed by atoms with E-state index in [0.29, 0.717) is 3.57 Å². The number of alkyl halides is 3. The summed E-state index contributed by atoms with van der Waals surface area (Å²) in [5.41, 5.74) is 1.14. The molecule has 0 aliphatic carbocycles. The summed E-state index contributed by atoms with van der Waals surface area (Å²) in [6.07, 6.45) is -3.14. The van der Waals surface area contributed by atoms with Crippen LogP contribution in [0.5, 0.6) is 0 Å². The number of rotatable bonds is 4. The fraction of sp³-hybridized carbons (Fsp3) is 0.308. The summed E-state index contributed by atoms with van der Waals surface area (Å²) in [5, 5.41) is 0. The molecule has 19 heavy (non-hydrogen) atoms. The van der Waals surface area contributed by atoms with Gasteiger partial charge in [0.2, 0.25) is 0 Å².